The Bertz CT molecular complexity index is 1730. The Morgan fingerprint density at radius 1 is 1.13 bits per heavy atom. The van der Waals surface area contributed by atoms with E-state index in [2.05, 4.69) is 22.1 Å². The minimum atomic E-state index is -4.00. The number of carbonyl (C=O) groups is 2. The van der Waals surface area contributed by atoms with Crippen molar-refractivity contribution in [1.29, 1.82) is 0 Å². The molecule has 1 amide bonds. The molecule has 1 atom stereocenters. The van der Waals surface area contributed by atoms with Crippen molar-refractivity contribution in [2.45, 2.75) is 45.8 Å². The number of hydrogen-bond acceptors (Lipinski definition) is 11. The number of nitrogens with one attached hydrogen (secondary N) is 2. The van der Waals surface area contributed by atoms with Crippen LogP contribution in [0.4, 0.5) is 0 Å². The van der Waals surface area contributed by atoms with Gasteiger partial charge in [-0.05, 0) is 45.4 Å². The minimum absolute atomic E-state index is 0.0617. The van der Waals surface area contributed by atoms with E-state index in [1.807, 2.05) is 0 Å². The molecule has 0 radical (unpaired) electrons. The van der Waals surface area contributed by atoms with Crippen LogP contribution in [0.1, 0.15) is 57.7 Å². The van der Waals surface area contributed by atoms with Crippen LogP contribution in [0, 0.1) is 6.92 Å². The van der Waals surface area contributed by atoms with E-state index in [-0.39, 0.29) is 89.1 Å². The molecular weight excluding hydrogens is 654 g/mol. The van der Waals surface area contributed by atoms with E-state index in [4.69, 9.17) is 50.6 Å². The highest BCUT2D eigenvalue weighted by Crippen LogP contribution is 2.54. The molecular formula is C28H29Cl2N4O10P. The van der Waals surface area contributed by atoms with Gasteiger partial charge in [0.15, 0.2) is 17.3 Å². The number of hydrogen-bond donors (Lipinski definition) is 2. The number of ketones is 1. The van der Waals surface area contributed by atoms with Crippen LogP contribution in [0.15, 0.2) is 62.1 Å². The average Bonchev–Trinajstić information content (AvgIpc) is 3.68. The van der Waals surface area contributed by atoms with Gasteiger partial charge in [0.2, 0.25) is 0 Å². The van der Waals surface area contributed by atoms with Crippen molar-refractivity contribution >= 4 is 42.6 Å². The summed E-state index contributed by atoms with van der Waals surface area (Å²) < 4.78 is 47.6. The SMILES string of the molecule is C=C1OC(C)=C(COP(=O)(OCc2oc(=O)oc2C)N2CCC(NC(=O)c3[nH]ncc3CC(=O)c3c(Cl)cccc3Cl)CC2)O1. The van der Waals surface area contributed by atoms with Gasteiger partial charge in [-0.15, -0.1) is 0 Å². The number of aryl methyl sites for hydroxylation is 1. The summed E-state index contributed by atoms with van der Waals surface area (Å²) in [5, 5.41) is 9.96. The zero-order valence-corrected chi connectivity index (χ0v) is 26.6. The van der Waals surface area contributed by atoms with Crippen LogP contribution in [0.5, 0.6) is 0 Å². The van der Waals surface area contributed by atoms with Crippen molar-refractivity contribution < 1.29 is 41.5 Å². The number of ether oxygens (including phenoxy) is 2. The number of allylic oxidation sites excluding steroid dienone is 1. The van der Waals surface area contributed by atoms with Crippen LogP contribution in [-0.4, -0.2) is 52.3 Å². The molecule has 0 spiro atoms. The molecule has 2 N–H and O–H groups in total. The molecule has 2 aromatic heterocycles. The summed E-state index contributed by atoms with van der Waals surface area (Å²) in [4.78, 5) is 37.6. The van der Waals surface area contributed by atoms with Crippen molar-refractivity contribution in [2.75, 3.05) is 19.7 Å². The topological polar surface area (TPSA) is 175 Å². The number of carbonyl (C=O) groups excluding carboxylic acids is 2. The first-order chi connectivity index (χ1) is 21.4. The molecule has 14 nitrogen and oxygen atoms in total. The van der Waals surface area contributed by atoms with Crippen molar-refractivity contribution in [3.05, 3.63) is 97.4 Å². The Labute approximate surface area is 266 Å². The quantitative estimate of drug-likeness (QED) is 0.187. The van der Waals surface area contributed by atoms with Crippen molar-refractivity contribution in [1.82, 2.24) is 20.2 Å². The lowest BCUT2D eigenvalue weighted by Gasteiger charge is -2.35. The molecule has 5 rings (SSSR count). The number of amides is 1. The first-order valence-corrected chi connectivity index (χ1v) is 16.0. The zero-order chi connectivity index (χ0) is 32.3. The lowest BCUT2D eigenvalue weighted by atomic mass is 10.0. The van der Waals surface area contributed by atoms with E-state index in [9.17, 15) is 18.9 Å². The van der Waals surface area contributed by atoms with Gasteiger partial charge in [0.1, 0.15) is 30.4 Å². The molecule has 1 aromatic carbocycles. The second kappa shape index (κ2) is 13.8. The van der Waals surface area contributed by atoms with Gasteiger partial charge in [0.05, 0.1) is 21.8 Å². The summed E-state index contributed by atoms with van der Waals surface area (Å²) in [5.41, 5.74) is 0.680. The van der Waals surface area contributed by atoms with Crippen LogP contribution < -0.4 is 11.1 Å². The number of Topliss-reactive ketones (excluding diaryl/α,β-unsaturated/α-hetero) is 1. The third-order valence-electron chi connectivity index (χ3n) is 7.14. The maximum atomic E-state index is 14.1. The second-order valence-electron chi connectivity index (χ2n) is 10.2. The third kappa shape index (κ3) is 7.60. The van der Waals surface area contributed by atoms with Gasteiger partial charge in [-0.25, -0.2) is 14.0 Å². The van der Waals surface area contributed by atoms with Crippen LogP contribution in [0.2, 0.25) is 10.0 Å². The van der Waals surface area contributed by atoms with Crippen molar-refractivity contribution in [3.63, 3.8) is 0 Å². The van der Waals surface area contributed by atoms with E-state index in [0.717, 1.165) is 0 Å². The molecule has 3 aromatic rings. The molecule has 2 aliphatic rings. The highest BCUT2D eigenvalue weighted by molar-refractivity contribution is 7.51. The minimum Gasteiger partial charge on any atom is -0.428 e. The number of piperidine rings is 1. The van der Waals surface area contributed by atoms with Gasteiger partial charge < -0.3 is 23.6 Å². The van der Waals surface area contributed by atoms with Gasteiger partial charge in [0, 0.05) is 31.1 Å². The average molecular weight is 683 g/mol. The predicted molar refractivity (Wildman–Crippen MR) is 159 cm³/mol. The van der Waals surface area contributed by atoms with Gasteiger partial charge in [0.25, 0.3) is 11.9 Å². The normalized spacial score (nSPS) is 17.2. The summed E-state index contributed by atoms with van der Waals surface area (Å²) in [6.07, 6.45) is 2.03. The molecule has 0 bridgehead atoms. The first-order valence-electron chi connectivity index (χ1n) is 13.7. The smallest absolute Gasteiger partial charge is 0.428 e. The number of H-pyrrole nitrogens is 1. The predicted octanol–water partition coefficient (Wildman–Crippen LogP) is 5.28. The van der Waals surface area contributed by atoms with Gasteiger partial charge in [-0.3, -0.25) is 23.7 Å². The van der Waals surface area contributed by atoms with Crippen LogP contribution in [-0.2, 0) is 36.1 Å². The Balaban J connectivity index is 1.22. The molecule has 0 aliphatic carbocycles. The lowest BCUT2D eigenvalue weighted by Crippen LogP contribution is -2.44. The van der Waals surface area contributed by atoms with Crippen LogP contribution in [0.25, 0.3) is 0 Å². The molecule has 1 fully saturated rings. The lowest BCUT2D eigenvalue weighted by molar-refractivity contribution is 0.0902. The number of nitrogens with zero attached hydrogens (tertiary/aromatic N) is 2. The summed E-state index contributed by atoms with van der Waals surface area (Å²) in [6.45, 7) is 6.60. The molecule has 4 heterocycles. The Hall–Kier alpha value is -3.65. The number of benzene rings is 1. The molecule has 1 unspecified atom stereocenters. The van der Waals surface area contributed by atoms with Gasteiger partial charge in [-0.1, -0.05) is 29.3 Å². The Morgan fingerprint density at radius 3 is 2.44 bits per heavy atom. The largest absolute Gasteiger partial charge is 0.519 e. The fraction of sp³-hybridized carbons (Fsp3) is 0.357. The fourth-order valence-corrected chi connectivity index (χ4v) is 7.05. The number of halogens is 2. The second-order valence-corrected chi connectivity index (χ2v) is 13.0. The van der Waals surface area contributed by atoms with Gasteiger partial charge >= 0.3 is 13.6 Å². The maximum Gasteiger partial charge on any atom is 0.519 e. The third-order valence-corrected chi connectivity index (χ3v) is 9.77. The first kappa shape index (κ1) is 32.7. The molecule has 240 valence electrons. The standard InChI is InChI=1S/C28H29Cl2N4O10P/c1-15-23(43-17(3)41-15)13-39-45(38,40-14-24-16(2)42-28(37)44-24)34-9-7-19(8-10-34)32-27(36)26-18(12-31-33-26)11-22(35)25-20(29)5-4-6-21(25)30/h4-6,12,19H,3,7-11,13-14H2,1-2H3,(H,31,33)(H,32,36). The van der Waals surface area contributed by atoms with E-state index < -0.39 is 19.5 Å². The summed E-state index contributed by atoms with van der Waals surface area (Å²) in [6, 6.07) is 4.46. The Kier molecular flexibility index (Phi) is 10.0. The number of aromatic amines is 1. The molecule has 17 heteroatoms. The maximum absolute atomic E-state index is 14.1. The zero-order valence-electron chi connectivity index (χ0n) is 24.2. The molecule has 0 saturated carbocycles. The highest BCUT2D eigenvalue weighted by atomic mass is 35.5. The van der Waals surface area contributed by atoms with Crippen molar-refractivity contribution in [2.24, 2.45) is 0 Å². The fourth-order valence-electron chi connectivity index (χ4n) is 4.76. The number of aromatic nitrogens is 2. The van der Waals surface area contributed by atoms with Crippen LogP contribution in [0.3, 0.4) is 0 Å². The summed E-state index contributed by atoms with van der Waals surface area (Å²) >= 11 is 12.3. The summed E-state index contributed by atoms with van der Waals surface area (Å²) in [7, 11) is -4.00. The molecule has 2 aliphatic heterocycles. The number of rotatable bonds is 12. The van der Waals surface area contributed by atoms with E-state index in [1.54, 1.807) is 25.1 Å². The monoisotopic (exact) mass is 682 g/mol. The summed E-state index contributed by atoms with van der Waals surface area (Å²) in [5.74, 6) is -0.729. The van der Waals surface area contributed by atoms with Gasteiger partial charge in [-0.2, -0.15) is 5.10 Å². The Morgan fingerprint density at radius 2 is 1.82 bits per heavy atom. The molecule has 45 heavy (non-hydrogen) atoms. The van der Waals surface area contributed by atoms with Crippen LogP contribution >= 0.6 is 30.9 Å². The van der Waals surface area contributed by atoms with E-state index in [1.165, 1.54) is 17.8 Å². The van der Waals surface area contributed by atoms with E-state index in [0.29, 0.717) is 24.2 Å². The van der Waals surface area contributed by atoms with E-state index >= 15 is 0 Å². The molecule has 1 saturated heterocycles. The van der Waals surface area contributed by atoms with Crippen molar-refractivity contribution in [3.8, 4) is 0 Å². The highest BCUT2D eigenvalue weighted by Gasteiger charge is 2.39.